The Morgan fingerprint density at radius 2 is 1.23 bits per heavy atom. The van der Waals surface area contributed by atoms with E-state index in [-0.39, 0.29) is 5.41 Å². The molecule has 4 aliphatic carbocycles. The molecule has 1 unspecified atom stereocenters. The van der Waals surface area contributed by atoms with Crippen molar-refractivity contribution in [3.05, 3.63) is 192 Å². The van der Waals surface area contributed by atoms with Gasteiger partial charge < -0.3 is 4.90 Å². The predicted molar refractivity (Wildman–Crippen MR) is 225 cm³/mol. The number of fused-ring (bicyclic) bond motifs is 7. The summed E-state index contributed by atoms with van der Waals surface area (Å²) >= 11 is 0. The molecule has 0 aromatic heterocycles. The van der Waals surface area contributed by atoms with Gasteiger partial charge in [-0.2, -0.15) is 0 Å². The van der Waals surface area contributed by atoms with Crippen LogP contribution in [0.25, 0.3) is 61.2 Å². The van der Waals surface area contributed by atoms with Gasteiger partial charge in [0.2, 0.25) is 0 Å². The van der Waals surface area contributed by atoms with Crippen LogP contribution in [0.5, 0.6) is 0 Å². The van der Waals surface area contributed by atoms with Crippen molar-refractivity contribution in [1.82, 2.24) is 0 Å². The second-order valence-corrected chi connectivity index (χ2v) is 15.5. The molecule has 0 saturated heterocycles. The molecule has 0 fully saturated rings. The summed E-state index contributed by atoms with van der Waals surface area (Å²) in [5.41, 5.74) is 22.9. The number of hydrogen-bond donors (Lipinski definition) is 0. The van der Waals surface area contributed by atoms with E-state index in [0.717, 1.165) is 19.3 Å². The third-order valence-electron chi connectivity index (χ3n) is 12.2. The van der Waals surface area contributed by atoms with E-state index in [2.05, 4.69) is 190 Å². The number of benzene rings is 6. The smallest absolute Gasteiger partial charge is 0.0458 e. The van der Waals surface area contributed by atoms with Crippen LogP contribution in [0.4, 0.5) is 5.69 Å². The van der Waals surface area contributed by atoms with Crippen LogP contribution >= 0.6 is 0 Å². The highest BCUT2D eigenvalue weighted by Gasteiger charge is 2.44. The van der Waals surface area contributed by atoms with Gasteiger partial charge in [0.25, 0.3) is 0 Å². The molecular weight excluding hydrogens is 639 g/mol. The summed E-state index contributed by atoms with van der Waals surface area (Å²) in [7, 11) is 0. The summed E-state index contributed by atoms with van der Waals surface area (Å²) in [6.45, 7) is 7.10. The van der Waals surface area contributed by atoms with E-state index < -0.39 is 0 Å². The van der Waals surface area contributed by atoms with Crippen molar-refractivity contribution < 1.29 is 0 Å². The number of allylic oxidation sites excluding steroid dienone is 7. The van der Waals surface area contributed by atoms with Crippen molar-refractivity contribution in [2.24, 2.45) is 5.92 Å². The van der Waals surface area contributed by atoms with E-state index in [1.165, 1.54) is 95.0 Å². The Bertz CT molecular complexity index is 2550. The van der Waals surface area contributed by atoms with Gasteiger partial charge in [-0.05, 0) is 133 Å². The van der Waals surface area contributed by atoms with Crippen LogP contribution in [0.2, 0.25) is 0 Å². The lowest BCUT2D eigenvalue weighted by Gasteiger charge is -2.36. The molecule has 0 saturated carbocycles. The first kappa shape index (κ1) is 31.8. The molecule has 6 bridgehead atoms. The van der Waals surface area contributed by atoms with Gasteiger partial charge in [0, 0.05) is 17.1 Å². The fourth-order valence-electron chi connectivity index (χ4n) is 9.76. The van der Waals surface area contributed by atoms with Crippen LogP contribution in [0.3, 0.4) is 0 Å². The fourth-order valence-corrected chi connectivity index (χ4v) is 9.76. The molecule has 1 atom stereocenters. The summed E-state index contributed by atoms with van der Waals surface area (Å²) in [5.74, 6) is 0.435. The quantitative estimate of drug-likeness (QED) is 0.151. The van der Waals surface area contributed by atoms with Crippen LogP contribution in [-0.4, -0.2) is 0 Å². The Morgan fingerprint density at radius 3 is 1.96 bits per heavy atom. The van der Waals surface area contributed by atoms with Gasteiger partial charge in [-0.15, -0.1) is 0 Å². The maximum absolute atomic E-state index is 2.50. The molecule has 0 radical (unpaired) electrons. The molecule has 256 valence electrons. The van der Waals surface area contributed by atoms with Crippen molar-refractivity contribution >= 4 is 11.3 Å². The molecule has 0 amide bonds. The maximum Gasteiger partial charge on any atom is 0.0458 e. The zero-order valence-corrected chi connectivity index (χ0v) is 30.7. The topological polar surface area (TPSA) is 3.24 Å². The largest absolute Gasteiger partial charge is 0.315 e. The van der Waals surface area contributed by atoms with Gasteiger partial charge in [0.05, 0.1) is 0 Å². The standard InChI is InChI=1S/C52H43N/c1-4-15-35(53(36-17-6-5-7-18-36)37-29-31-41-40-21-10-11-27-48(40)52(2,3)49(41)33-37)19-12-16-34-28-30-39-44-24-14-25-45-46-26-13-23-43(51(46)47(39)32-34)38-20-8-9-22-42(38)50(44)45/h5-15,17-32,49H,4,16,33H2,1-3H3/b19-12-,35-15+. The minimum atomic E-state index is 0.0722. The minimum Gasteiger partial charge on any atom is -0.315 e. The summed E-state index contributed by atoms with van der Waals surface area (Å²) in [6.07, 6.45) is 14.7. The zero-order valence-electron chi connectivity index (χ0n) is 30.7. The van der Waals surface area contributed by atoms with Crippen LogP contribution in [-0.2, 0) is 11.8 Å². The van der Waals surface area contributed by atoms with Gasteiger partial charge in [-0.25, -0.2) is 0 Å². The van der Waals surface area contributed by atoms with E-state index in [4.69, 9.17) is 0 Å². The summed E-state index contributed by atoms with van der Waals surface area (Å²) in [5, 5.41) is 0. The van der Waals surface area contributed by atoms with Gasteiger partial charge in [-0.3, -0.25) is 0 Å². The number of rotatable bonds is 7. The molecule has 0 heterocycles. The molecule has 1 nitrogen and oxygen atoms in total. The third kappa shape index (κ3) is 4.91. The van der Waals surface area contributed by atoms with E-state index in [1.54, 1.807) is 0 Å². The third-order valence-corrected chi connectivity index (χ3v) is 12.2. The number of hydrogen-bond acceptors (Lipinski definition) is 1. The molecule has 6 aromatic rings. The lowest BCUT2D eigenvalue weighted by atomic mass is 9.74. The molecule has 10 rings (SSSR count). The highest BCUT2D eigenvalue weighted by atomic mass is 15.2. The van der Waals surface area contributed by atoms with E-state index in [9.17, 15) is 0 Å². The van der Waals surface area contributed by atoms with Gasteiger partial charge >= 0.3 is 0 Å². The summed E-state index contributed by atoms with van der Waals surface area (Å²) < 4.78 is 0. The molecule has 6 aromatic carbocycles. The first-order valence-corrected chi connectivity index (χ1v) is 19.2. The van der Waals surface area contributed by atoms with Crippen LogP contribution in [0, 0.1) is 5.92 Å². The summed E-state index contributed by atoms with van der Waals surface area (Å²) in [6, 6.07) is 49.8. The van der Waals surface area contributed by atoms with Gasteiger partial charge in [-0.1, -0.05) is 160 Å². The lowest BCUT2D eigenvalue weighted by molar-refractivity contribution is 0.406. The molecule has 4 aliphatic rings. The fraction of sp³-hybridized carbons (Fsp3) is 0.154. The Morgan fingerprint density at radius 1 is 0.623 bits per heavy atom. The number of para-hydroxylation sites is 1. The zero-order chi connectivity index (χ0) is 35.7. The van der Waals surface area contributed by atoms with Crippen LogP contribution in [0.1, 0.15) is 50.3 Å². The average Bonchev–Trinajstić information content (AvgIpc) is 3.35. The number of anilines is 1. The Labute approximate surface area is 314 Å². The Kier molecular flexibility index (Phi) is 7.41. The first-order chi connectivity index (χ1) is 26.0. The highest BCUT2D eigenvalue weighted by molar-refractivity contribution is 6.14. The second kappa shape index (κ2) is 12.3. The maximum atomic E-state index is 2.50. The number of nitrogens with zero attached hydrogens (tertiary/aromatic N) is 1. The van der Waals surface area contributed by atoms with Crippen LogP contribution < -0.4 is 4.90 Å². The molecular formula is C52H43N. The van der Waals surface area contributed by atoms with Gasteiger partial charge in [0.1, 0.15) is 0 Å². The molecule has 0 N–H and O–H groups in total. The monoisotopic (exact) mass is 681 g/mol. The minimum absolute atomic E-state index is 0.0722. The SMILES string of the molecule is CC/C=C(\C=C/Cc1ccc2c(c1)-c1c3cccc1-c1cccc-2c1-c1ccccc1-3)N(C1=CC=C2c3ccccc3C(C)(C)C2C1)c1ccccc1. The molecule has 1 heteroatoms. The van der Waals surface area contributed by atoms with Crippen molar-refractivity contribution in [3.8, 4) is 55.6 Å². The molecule has 0 spiro atoms. The second-order valence-electron chi connectivity index (χ2n) is 15.5. The normalized spacial score (nSPS) is 16.9. The van der Waals surface area contributed by atoms with E-state index in [0.29, 0.717) is 5.92 Å². The molecule has 0 aliphatic heterocycles. The van der Waals surface area contributed by atoms with Crippen molar-refractivity contribution in [2.45, 2.75) is 45.4 Å². The Balaban J connectivity index is 1.02. The average molecular weight is 682 g/mol. The van der Waals surface area contributed by atoms with Crippen molar-refractivity contribution in [2.75, 3.05) is 4.90 Å². The van der Waals surface area contributed by atoms with Gasteiger partial charge in [0.15, 0.2) is 0 Å². The predicted octanol–water partition coefficient (Wildman–Crippen LogP) is 13.8. The van der Waals surface area contributed by atoms with E-state index >= 15 is 0 Å². The Hall–Kier alpha value is -5.92. The first-order valence-electron chi connectivity index (χ1n) is 19.2. The van der Waals surface area contributed by atoms with Crippen LogP contribution in [0.15, 0.2) is 175 Å². The highest BCUT2D eigenvalue weighted by Crippen LogP contribution is 2.57. The van der Waals surface area contributed by atoms with E-state index in [1.807, 2.05) is 0 Å². The van der Waals surface area contributed by atoms with Crippen molar-refractivity contribution in [1.29, 1.82) is 0 Å². The summed E-state index contributed by atoms with van der Waals surface area (Å²) in [4.78, 5) is 2.50. The lowest BCUT2D eigenvalue weighted by Crippen LogP contribution is -2.30. The van der Waals surface area contributed by atoms with Crippen molar-refractivity contribution in [3.63, 3.8) is 0 Å². The molecule has 53 heavy (non-hydrogen) atoms.